The average molecular weight is 406 g/mol. The van der Waals surface area contributed by atoms with Crippen LogP contribution in [0.3, 0.4) is 0 Å². The molecule has 0 unspecified atom stereocenters. The zero-order valence-electron chi connectivity index (χ0n) is 14.5. The Hall–Kier alpha value is -3.16. The van der Waals surface area contributed by atoms with Gasteiger partial charge in [-0.2, -0.15) is 0 Å². The van der Waals surface area contributed by atoms with Crippen molar-refractivity contribution < 1.29 is 17.1 Å². The standard InChI is InChI=1S/C16H8N8.C2H6.Cu/c1-2-10-17-9(1)21-11-3-4-13(18-11)23-15-7-8-16(20-15)24-14-6-5-12(19-14)22-10;1-2;/h1-8H;1-2H3;/q-2;;. The molecule has 0 atom stereocenters. The molecule has 2 aliphatic rings. The second kappa shape index (κ2) is 8.03. The molecule has 3 aromatic rings. The number of rotatable bonds is 0. The molecular weight excluding hydrogens is 392 g/mol. The maximum absolute atomic E-state index is 4.37. The van der Waals surface area contributed by atoms with E-state index in [1.165, 1.54) is 0 Å². The Balaban J connectivity index is 0.000000680. The van der Waals surface area contributed by atoms with Crippen LogP contribution in [0.5, 0.6) is 0 Å². The Morgan fingerprint density at radius 3 is 1.00 bits per heavy atom. The number of hydrogen-bond acceptors (Lipinski definition) is 6. The van der Waals surface area contributed by atoms with Crippen LogP contribution in [0.1, 0.15) is 37.1 Å². The van der Waals surface area contributed by atoms with Gasteiger partial charge in [0.2, 0.25) is 0 Å². The van der Waals surface area contributed by atoms with Crippen LogP contribution < -0.4 is 9.97 Å². The van der Waals surface area contributed by atoms with Gasteiger partial charge in [-0.1, -0.05) is 13.8 Å². The first-order chi connectivity index (χ1) is 12.8. The van der Waals surface area contributed by atoms with Crippen molar-refractivity contribution in [2.75, 3.05) is 0 Å². The third-order valence-corrected chi connectivity index (χ3v) is 3.36. The van der Waals surface area contributed by atoms with Crippen molar-refractivity contribution in [3.63, 3.8) is 0 Å². The SMILES string of the molecule is C1=Cc2nc1nc1ccc(nc3nc(nc4ccc(n2)[n-]4)C=C3)[n-]1.CC.[Cu]. The first kappa shape index (κ1) is 18.6. The molecular formula is C18H14CuN8-2. The fourth-order valence-corrected chi connectivity index (χ4v) is 2.33. The van der Waals surface area contributed by atoms with Gasteiger partial charge >= 0.3 is 0 Å². The molecule has 27 heavy (non-hydrogen) atoms. The van der Waals surface area contributed by atoms with Gasteiger partial charge in [-0.3, -0.25) is 0 Å². The third-order valence-electron chi connectivity index (χ3n) is 3.36. The number of hydrogen-bond donors (Lipinski definition) is 0. The van der Waals surface area contributed by atoms with E-state index < -0.39 is 0 Å². The van der Waals surface area contributed by atoms with E-state index in [9.17, 15) is 0 Å². The average Bonchev–Trinajstić information content (AvgIpc) is 3.42. The Morgan fingerprint density at radius 1 is 0.481 bits per heavy atom. The molecule has 5 rings (SSSR count). The van der Waals surface area contributed by atoms with Crippen LogP contribution in [-0.2, 0) is 17.1 Å². The summed E-state index contributed by atoms with van der Waals surface area (Å²) in [5.74, 6) is 2.15. The molecule has 0 aliphatic carbocycles. The summed E-state index contributed by atoms with van der Waals surface area (Å²) in [6, 6.07) is 7.12. The molecule has 0 aromatic carbocycles. The van der Waals surface area contributed by atoms with Crippen molar-refractivity contribution in [1.29, 1.82) is 0 Å². The second-order valence-electron chi connectivity index (χ2n) is 5.09. The summed E-state index contributed by atoms with van der Waals surface area (Å²) in [7, 11) is 0. The molecule has 0 spiro atoms. The molecule has 2 aliphatic heterocycles. The molecule has 5 heterocycles. The van der Waals surface area contributed by atoms with Gasteiger partial charge in [-0.25, -0.2) is 9.97 Å². The second-order valence-corrected chi connectivity index (χ2v) is 5.09. The van der Waals surface area contributed by atoms with Crippen molar-refractivity contribution >= 4 is 46.9 Å². The van der Waals surface area contributed by atoms with E-state index in [2.05, 4.69) is 39.9 Å². The maximum atomic E-state index is 4.37. The fourth-order valence-electron chi connectivity index (χ4n) is 2.33. The minimum Gasteiger partial charge on any atom is -0.358 e. The molecule has 0 saturated heterocycles. The Bertz CT molecular complexity index is 998. The van der Waals surface area contributed by atoms with Crippen molar-refractivity contribution in [3.8, 4) is 0 Å². The van der Waals surface area contributed by atoms with Gasteiger partial charge in [0.25, 0.3) is 0 Å². The summed E-state index contributed by atoms with van der Waals surface area (Å²) in [6.07, 6.45) is 7.12. The largest absolute Gasteiger partial charge is 0.358 e. The van der Waals surface area contributed by atoms with E-state index in [0.717, 1.165) is 0 Å². The van der Waals surface area contributed by atoms with Crippen LogP contribution in [0.2, 0.25) is 0 Å². The summed E-state index contributed by atoms with van der Waals surface area (Å²) in [6.45, 7) is 4.00. The van der Waals surface area contributed by atoms with Gasteiger partial charge in [0, 0.05) is 39.7 Å². The molecule has 3 aromatic heterocycles. The zero-order valence-corrected chi connectivity index (χ0v) is 15.4. The fraction of sp³-hybridized carbons (Fsp3) is 0.111. The van der Waals surface area contributed by atoms with Gasteiger partial charge in [-0.05, 0) is 48.6 Å². The predicted molar refractivity (Wildman–Crippen MR) is 99.3 cm³/mol. The van der Waals surface area contributed by atoms with Gasteiger partial charge in [0.15, 0.2) is 0 Å². The molecule has 0 amide bonds. The quantitative estimate of drug-likeness (QED) is 0.362. The zero-order chi connectivity index (χ0) is 17.9. The van der Waals surface area contributed by atoms with Gasteiger partial charge < -0.3 is 29.9 Å². The molecule has 0 fully saturated rings. The summed E-state index contributed by atoms with van der Waals surface area (Å²) in [5.41, 5.74) is 2.15. The number of nitrogens with zero attached hydrogens (tertiary/aromatic N) is 8. The minimum atomic E-state index is 0. The van der Waals surface area contributed by atoms with E-state index >= 15 is 0 Å². The van der Waals surface area contributed by atoms with E-state index in [0.29, 0.717) is 45.9 Å². The van der Waals surface area contributed by atoms with Crippen LogP contribution >= 0.6 is 0 Å². The van der Waals surface area contributed by atoms with Crippen LogP contribution in [0.15, 0.2) is 24.3 Å². The first-order valence-corrected chi connectivity index (χ1v) is 8.22. The normalized spacial score (nSPS) is 11.5. The summed E-state index contributed by atoms with van der Waals surface area (Å²) >= 11 is 0. The summed E-state index contributed by atoms with van der Waals surface area (Å²) in [4.78, 5) is 34.8. The third kappa shape index (κ3) is 4.16. The molecule has 8 nitrogen and oxygen atoms in total. The molecule has 139 valence electrons. The number of fused-ring (bicyclic) bond motifs is 8. The molecule has 0 N–H and O–H groups in total. The van der Waals surface area contributed by atoms with E-state index in [1.54, 1.807) is 48.6 Å². The monoisotopic (exact) mass is 405 g/mol. The van der Waals surface area contributed by atoms with Crippen molar-refractivity contribution in [1.82, 2.24) is 39.9 Å². The van der Waals surface area contributed by atoms with Crippen LogP contribution in [0, 0.1) is 0 Å². The minimum absolute atomic E-state index is 0. The van der Waals surface area contributed by atoms with Crippen LogP contribution in [0.25, 0.3) is 46.9 Å². The molecule has 8 bridgehead atoms. The first-order valence-electron chi connectivity index (χ1n) is 8.22. The smallest absolute Gasteiger partial charge is 0.0847 e. The Morgan fingerprint density at radius 2 is 0.741 bits per heavy atom. The van der Waals surface area contributed by atoms with Gasteiger partial charge in [-0.15, -0.1) is 0 Å². The van der Waals surface area contributed by atoms with Crippen molar-refractivity contribution in [2.24, 2.45) is 0 Å². The van der Waals surface area contributed by atoms with Crippen molar-refractivity contribution in [2.45, 2.75) is 13.8 Å². The maximum Gasteiger partial charge on any atom is 0.0847 e. The van der Waals surface area contributed by atoms with Crippen LogP contribution in [-0.4, -0.2) is 29.9 Å². The molecule has 0 saturated carbocycles. The van der Waals surface area contributed by atoms with Gasteiger partial charge in [0.05, 0.1) is 23.3 Å². The van der Waals surface area contributed by atoms with E-state index in [1.807, 2.05) is 13.8 Å². The van der Waals surface area contributed by atoms with Crippen molar-refractivity contribution in [3.05, 3.63) is 47.6 Å². The summed E-state index contributed by atoms with van der Waals surface area (Å²) in [5, 5.41) is 0. The number of aromatic nitrogens is 8. The predicted octanol–water partition coefficient (Wildman–Crippen LogP) is 2.52. The molecule has 1 radical (unpaired) electrons. The topological polar surface area (TPSA) is 106 Å². The van der Waals surface area contributed by atoms with Crippen LogP contribution in [0.4, 0.5) is 0 Å². The van der Waals surface area contributed by atoms with E-state index in [-0.39, 0.29) is 17.1 Å². The Kier molecular flexibility index (Phi) is 5.54. The van der Waals surface area contributed by atoms with E-state index in [4.69, 9.17) is 0 Å². The van der Waals surface area contributed by atoms with Gasteiger partial charge in [0.1, 0.15) is 0 Å². The Labute approximate surface area is 165 Å². The molecule has 9 heteroatoms. The summed E-state index contributed by atoms with van der Waals surface area (Å²) < 4.78 is 0.